The van der Waals surface area contributed by atoms with Crippen LogP contribution in [0.1, 0.15) is 45.6 Å². The highest BCUT2D eigenvalue weighted by Crippen LogP contribution is 2.39. The predicted octanol–water partition coefficient (Wildman–Crippen LogP) is 4.29. The molecule has 0 saturated carbocycles. The Bertz CT molecular complexity index is 306. The minimum atomic E-state index is 0.178. The summed E-state index contributed by atoms with van der Waals surface area (Å²) >= 11 is 0. The molecule has 0 N–H and O–H groups in total. The smallest absolute Gasteiger partial charge is 0.0477 e. The molecule has 0 fully saturated rings. The van der Waals surface area contributed by atoms with Crippen LogP contribution in [0.15, 0.2) is 30.3 Å². The maximum Gasteiger partial charge on any atom is 0.0477 e. The summed E-state index contributed by atoms with van der Waals surface area (Å²) in [6, 6.07) is 11.0. The minimum Gasteiger partial charge on any atom is -0.299 e. The highest BCUT2D eigenvalue weighted by molar-refractivity contribution is 5.25. The molecule has 0 heterocycles. The molecule has 17 heavy (non-hydrogen) atoms. The highest BCUT2D eigenvalue weighted by Gasteiger charge is 2.36. The number of hydrogen-bond donors (Lipinski definition) is 0. The van der Waals surface area contributed by atoms with E-state index in [1.165, 1.54) is 24.8 Å². The van der Waals surface area contributed by atoms with E-state index in [0.717, 1.165) is 0 Å². The van der Waals surface area contributed by atoms with Crippen molar-refractivity contribution in [3.05, 3.63) is 35.9 Å². The summed E-state index contributed by atoms with van der Waals surface area (Å²) < 4.78 is 0. The first-order valence-electron chi connectivity index (χ1n) is 6.78. The molecule has 1 unspecified atom stereocenters. The van der Waals surface area contributed by atoms with Crippen LogP contribution < -0.4 is 0 Å². The molecule has 0 aromatic heterocycles. The molecule has 1 atom stereocenters. The van der Waals surface area contributed by atoms with Crippen molar-refractivity contribution in [1.82, 2.24) is 4.90 Å². The Labute approximate surface area is 107 Å². The summed E-state index contributed by atoms with van der Waals surface area (Å²) in [4.78, 5) is 2.41. The summed E-state index contributed by atoms with van der Waals surface area (Å²) in [7, 11) is 4.42. The van der Waals surface area contributed by atoms with Crippen molar-refractivity contribution in [2.24, 2.45) is 5.92 Å². The van der Waals surface area contributed by atoms with Crippen molar-refractivity contribution in [3.8, 4) is 0 Å². The highest BCUT2D eigenvalue weighted by atomic mass is 15.1. The van der Waals surface area contributed by atoms with E-state index in [4.69, 9.17) is 0 Å². The van der Waals surface area contributed by atoms with Gasteiger partial charge in [-0.2, -0.15) is 0 Å². The average molecular weight is 233 g/mol. The van der Waals surface area contributed by atoms with Crippen LogP contribution in [-0.2, 0) is 5.54 Å². The SMILES string of the molecule is CCCCC(c1ccccc1)(C(C)C)N(C)C. The molecular weight excluding hydrogens is 206 g/mol. The molecule has 0 aliphatic carbocycles. The molecule has 1 heteroatoms. The first kappa shape index (κ1) is 14.2. The zero-order valence-corrected chi connectivity index (χ0v) is 12.0. The van der Waals surface area contributed by atoms with Crippen molar-refractivity contribution in [1.29, 1.82) is 0 Å². The summed E-state index contributed by atoms with van der Waals surface area (Å²) in [6.45, 7) is 6.94. The second-order valence-corrected chi connectivity index (χ2v) is 5.44. The van der Waals surface area contributed by atoms with Crippen LogP contribution in [0.3, 0.4) is 0 Å². The van der Waals surface area contributed by atoms with Crippen LogP contribution in [0.2, 0.25) is 0 Å². The van der Waals surface area contributed by atoms with Crippen LogP contribution in [0, 0.1) is 5.92 Å². The van der Waals surface area contributed by atoms with E-state index in [2.05, 4.69) is 70.1 Å². The molecule has 0 amide bonds. The average Bonchev–Trinajstić information content (AvgIpc) is 2.30. The zero-order valence-electron chi connectivity index (χ0n) is 12.0. The molecular formula is C16H27N. The summed E-state index contributed by atoms with van der Waals surface area (Å²) in [6.07, 6.45) is 3.78. The fourth-order valence-electron chi connectivity index (χ4n) is 2.94. The molecule has 96 valence electrons. The Morgan fingerprint density at radius 1 is 1.12 bits per heavy atom. The van der Waals surface area contributed by atoms with E-state index in [0.29, 0.717) is 5.92 Å². The third kappa shape index (κ3) is 2.90. The van der Waals surface area contributed by atoms with Crippen molar-refractivity contribution < 1.29 is 0 Å². The molecule has 0 radical (unpaired) electrons. The Kier molecular flexibility index (Phi) is 5.20. The number of hydrogen-bond acceptors (Lipinski definition) is 1. The van der Waals surface area contributed by atoms with Gasteiger partial charge in [0, 0.05) is 5.54 Å². The van der Waals surface area contributed by atoms with E-state index >= 15 is 0 Å². The van der Waals surface area contributed by atoms with E-state index in [-0.39, 0.29) is 5.54 Å². The lowest BCUT2D eigenvalue weighted by molar-refractivity contribution is 0.0790. The van der Waals surface area contributed by atoms with Gasteiger partial charge in [-0.15, -0.1) is 0 Å². The van der Waals surface area contributed by atoms with Crippen LogP contribution >= 0.6 is 0 Å². The molecule has 1 aromatic carbocycles. The van der Waals surface area contributed by atoms with Crippen molar-refractivity contribution in [2.45, 2.75) is 45.6 Å². The van der Waals surface area contributed by atoms with Gasteiger partial charge in [0.15, 0.2) is 0 Å². The molecule has 0 aliphatic heterocycles. The lowest BCUT2D eigenvalue weighted by Gasteiger charge is -2.44. The summed E-state index contributed by atoms with van der Waals surface area (Å²) in [5, 5.41) is 0. The van der Waals surface area contributed by atoms with Gasteiger partial charge >= 0.3 is 0 Å². The topological polar surface area (TPSA) is 3.24 Å². The zero-order chi connectivity index (χ0) is 12.9. The standard InChI is InChI=1S/C16H27N/c1-6-7-13-16(14(2)3,17(4)5)15-11-9-8-10-12-15/h8-12,14H,6-7,13H2,1-5H3. The Morgan fingerprint density at radius 2 is 1.71 bits per heavy atom. The lowest BCUT2D eigenvalue weighted by Crippen LogP contribution is -2.45. The van der Waals surface area contributed by atoms with Gasteiger partial charge < -0.3 is 0 Å². The lowest BCUT2D eigenvalue weighted by atomic mass is 9.75. The molecule has 1 rings (SSSR count). The Morgan fingerprint density at radius 3 is 2.12 bits per heavy atom. The third-order valence-corrected chi connectivity index (χ3v) is 3.94. The fourth-order valence-corrected chi connectivity index (χ4v) is 2.94. The maximum atomic E-state index is 2.41. The maximum absolute atomic E-state index is 2.41. The van der Waals surface area contributed by atoms with Crippen LogP contribution in [0.4, 0.5) is 0 Å². The largest absolute Gasteiger partial charge is 0.299 e. The van der Waals surface area contributed by atoms with Gasteiger partial charge in [0.2, 0.25) is 0 Å². The van der Waals surface area contributed by atoms with Gasteiger partial charge in [-0.25, -0.2) is 0 Å². The van der Waals surface area contributed by atoms with Crippen LogP contribution in [0.5, 0.6) is 0 Å². The van der Waals surface area contributed by atoms with E-state index in [1.807, 2.05) is 0 Å². The van der Waals surface area contributed by atoms with E-state index < -0.39 is 0 Å². The fraction of sp³-hybridized carbons (Fsp3) is 0.625. The van der Waals surface area contributed by atoms with Gasteiger partial charge in [0.1, 0.15) is 0 Å². The number of rotatable bonds is 6. The van der Waals surface area contributed by atoms with Gasteiger partial charge in [0.05, 0.1) is 0 Å². The molecule has 0 saturated heterocycles. The molecule has 0 spiro atoms. The van der Waals surface area contributed by atoms with Gasteiger partial charge in [-0.3, -0.25) is 4.90 Å². The quantitative estimate of drug-likeness (QED) is 0.708. The van der Waals surface area contributed by atoms with Crippen molar-refractivity contribution in [2.75, 3.05) is 14.1 Å². The van der Waals surface area contributed by atoms with Crippen LogP contribution in [-0.4, -0.2) is 19.0 Å². The first-order valence-corrected chi connectivity index (χ1v) is 6.78. The molecule has 0 aliphatic rings. The monoisotopic (exact) mass is 233 g/mol. The third-order valence-electron chi connectivity index (χ3n) is 3.94. The van der Waals surface area contributed by atoms with E-state index in [9.17, 15) is 0 Å². The second kappa shape index (κ2) is 6.20. The van der Waals surface area contributed by atoms with Gasteiger partial charge in [-0.1, -0.05) is 63.9 Å². The second-order valence-electron chi connectivity index (χ2n) is 5.44. The normalized spacial score (nSPS) is 15.2. The van der Waals surface area contributed by atoms with E-state index in [1.54, 1.807) is 0 Å². The molecule has 0 bridgehead atoms. The molecule has 1 aromatic rings. The van der Waals surface area contributed by atoms with Gasteiger partial charge in [-0.05, 0) is 32.0 Å². The van der Waals surface area contributed by atoms with Crippen molar-refractivity contribution >= 4 is 0 Å². The Balaban J connectivity index is 3.15. The number of benzene rings is 1. The minimum absolute atomic E-state index is 0.178. The predicted molar refractivity (Wildman–Crippen MR) is 76.2 cm³/mol. The first-order chi connectivity index (χ1) is 8.05. The molecule has 1 nitrogen and oxygen atoms in total. The van der Waals surface area contributed by atoms with Gasteiger partial charge in [0.25, 0.3) is 0 Å². The van der Waals surface area contributed by atoms with Crippen LogP contribution in [0.25, 0.3) is 0 Å². The summed E-state index contributed by atoms with van der Waals surface area (Å²) in [5.41, 5.74) is 1.63. The number of nitrogens with zero attached hydrogens (tertiary/aromatic N) is 1. The Hall–Kier alpha value is -0.820. The van der Waals surface area contributed by atoms with Crippen molar-refractivity contribution in [3.63, 3.8) is 0 Å². The number of unbranched alkanes of at least 4 members (excludes halogenated alkanes) is 1. The summed E-state index contributed by atoms with van der Waals surface area (Å²) in [5.74, 6) is 0.617.